The van der Waals surface area contributed by atoms with Gasteiger partial charge >= 0.3 is 0 Å². The Labute approximate surface area is 173 Å². The predicted molar refractivity (Wildman–Crippen MR) is 116 cm³/mol. The van der Waals surface area contributed by atoms with E-state index in [0.717, 1.165) is 31.0 Å². The molecular weight excluding hydrogens is 446 g/mol. The molecule has 1 aromatic rings. The molecule has 0 radical (unpaired) electrons. The third-order valence-electron chi connectivity index (χ3n) is 4.54. The van der Waals surface area contributed by atoms with Gasteiger partial charge in [0.15, 0.2) is 17.5 Å². The number of nitrogens with zero attached hydrogens (tertiary/aromatic N) is 2. The number of ether oxygens (including phenoxy) is 1. The van der Waals surface area contributed by atoms with Crippen molar-refractivity contribution in [1.29, 1.82) is 0 Å². The second-order valence-corrected chi connectivity index (χ2v) is 6.43. The smallest absolute Gasteiger partial charge is 0.191 e. The Hall–Kier alpha value is -1.09. The summed E-state index contributed by atoms with van der Waals surface area (Å²) in [6, 6.07) is 4.98. The van der Waals surface area contributed by atoms with Gasteiger partial charge in [-0.2, -0.15) is 0 Å². The number of halogens is 2. The van der Waals surface area contributed by atoms with Crippen LogP contribution in [0, 0.1) is 5.82 Å². The Kier molecular flexibility index (Phi) is 11.6. The second kappa shape index (κ2) is 13.1. The van der Waals surface area contributed by atoms with Gasteiger partial charge in [0.2, 0.25) is 0 Å². The minimum atomic E-state index is -0.345. The van der Waals surface area contributed by atoms with Crippen LogP contribution in [0.15, 0.2) is 23.2 Å². The van der Waals surface area contributed by atoms with E-state index in [9.17, 15) is 4.39 Å². The molecule has 0 aliphatic carbocycles. The fourth-order valence-electron chi connectivity index (χ4n) is 3.10. The number of nitrogens with one attached hydrogen (secondary N) is 2. The van der Waals surface area contributed by atoms with E-state index < -0.39 is 0 Å². The lowest BCUT2D eigenvalue weighted by atomic mass is 10.2. The molecule has 1 saturated heterocycles. The fourth-order valence-corrected chi connectivity index (χ4v) is 3.10. The molecule has 0 unspecified atom stereocenters. The van der Waals surface area contributed by atoms with Gasteiger partial charge in [0.1, 0.15) is 0 Å². The molecule has 1 heterocycles. The number of hydrogen-bond acceptors (Lipinski definition) is 3. The maximum Gasteiger partial charge on any atom is 0.191 e. The van der Waals surface area contributed by atoms with Gasteiger partial charge in [-0.05, 0) is 56.6 Å². The second-order valence-electron chi connectivity index (χ2n) is 6.43. The lowest BCUT2D eigenvalue weighted by Crippen LogP contribution is -2.38. The van der Waals surface area contributed by atoms with Crippen LogP contribution in [0.3, 0.4) is 0 Å². The summed E-state index contributed by atoms with van der Waals surface area (Å²) in [6.45, 7) is 5.00. The van der Waals surface area contributed by atoms with Crippen LogP contribution in [0.2, 0.25) is 0 Å². The lowest BCUT2D eigenvalue weighted by Gasteiger charge is -2.20. The standard InChI is InChI=1S/C19H31FN4O.HI/c1-21-19(22-10-7-13-24-11-5-3-4-6-12-24)23-15-16-8-9-18(25-2)17(20)14-16;/h8-9,14H,3-7,10-13,15H2,1-2H3,(H2,21,22,23);1H. The lowest BCUT2D eigenvalue weighted by molar-refractivity contribution is 0.282. The van der Waals surface area contributed by atoms with Crippen LogP contribution in [0.4, 0.5) is 4.39 Å². The largest absolute Gasteiger partial charge is 0.494 e. The normalized spacial score (nSPS) is 15.7. The van der Waals surface area contributed by atoms with Crippen molar-refractivity contribution in [2.24, 2.45) is 4.99 Å². The van der Waals surface area contributed by atoms with Crippen molar-refractivity contribution >= 4 is 29.9 Å². The van der Waals surface area contributed by atoms with Crippen molar-refractivity contribution in [1.82, 2.24) is 15.5 Å². The zero-order valence-corrected chi connectivity index (χ0v) is 18.2. The van der Waals surface area contributed by atoms with E-state index in [1.165, 1.54) is 51.9 Å². The van der Waals surface area contributed by atoms with Gasteiger partial charge in [-0.3, -0.25) is 4.99 Å². The Morgan fingerprint density at radius 1 is 1.19 bits per heavy atom. The minimum absolute atomic E-state index is 0. The first kappa shape index (κ1) is 23.0. The van der Waals surface area contributed by atoms with E-state index in [1.54, 1.807) is 13.1 Å². The molecule has 1 aliphatic heterocycles. The summed E-state index contributed by atoms with van der Waals surface area (Å²) in [5.41, 5.74) is 0.853. The molecule has 0 bridgehead atoms. The third-order valence-corrected chi connectivity index (χ3v) is 4.54. The first-order valence-corrected chi connectivity index (χ1v) is 9.22. The van der Waals surface area contributed by atoms with Gasteiger partial charge in [-0.25, -0.2) is 4.39 Å². The van der Waals surface area contributed by atoms with E-state index in [1.807, 2.05) is 6.07 Å². The molecular formula is C19H32FIN4O. The van der Waals surface area contributed by atoms with Gasteiger partial charge in [0.25, 0.3) is 0 Å². The van der Waals surface area contributed by atoms with E-state index in [0.29, 0.717) is 6.54 Å². The molecule has 0 aromatic heterocycles. The summed E-state index contributed by atoms with van der Waals surface area (Å²) in [6.07, 6.45) is 6.50. The van der Waals surface area contributed by atoms with Crippen molar-refractivity contribution in [2.75, 3.05) is 40.3 Å². The number of rotatable bonds is 7. The van der Waals surface area contributed by atoms with Crippen LogP contribution in [0.25, 0.3) is 0 Å². The average molecular weight is 478 g/mol. The number of guanidine groups is 1. The van der Waals surface area contributed by atoms with Gasteiger partial charge in [-0.15, -0.1) is 24.0 Å². The van der Waals surface area contributed by atoms with Crippen LogP contribution in [-0.2, 0) is 6.54 Å². The first-order chi connectivity index (χ1) is 12.2. The zero-order chi connectivity index (χ0) is 17.9. The van der Waals surface area contributed by atoms with Crippen molar-refractivity contribution in [3.63, 3.8) is 0 Å². The first-order valence-electron chi connectivity index (χ1n) is 9.22. The molecule has 1 aliphatic rings. The number of hydrogen-bond donors (Lipinski definition) is 2. The van der Waals surface area contributed by atoms with Gasteiger partial charge < -0.3 is 20.3 Å². The highest BCUT2D eigenvalue weighted by molar-refractivity contribution is 14.0. The summed E-state index contributed by atoms with van der Waals surface area (Å²) >= 11 is 0. The van der Waals surface area contributed by atoms with Crippen molar-refractivity contribution in [3.8, 4) is 5.75 Å². The summed E-state index contributed by atoms with van der Waals surface area (Å²) in [5, 5.41) is 6.54. The van der Waals surface area contributed by atoms with E-state index in [4.69, 9.17) is 4.74 Å². The molecule has 1 aromatic carbocycles. The van der Waals surface area contributed by atoms with E-state index >= 15 is 0 Å². The summed E-state index contributed by atoms with van der Waals surface area (Å²) < 4.78 is 18.6. The predicted octanol–water partition coefficient (Wildman–Crippen LogP) is 3.38. The number of aliphatic imine (C=N–C) groups is 1. The average Bonchev–Trinajstić information content (AvgIpc) is 2.90. The SMILES string of the molecule is CN=C(NCCCN1CCCCCC1)NCc1ccc(OC)c(F)c1.I. The van der Waals surface area contributed by atoms with Gasteiger partial charge in [0, 0.05) is 20.1 Å². The number of benzene rings is 1. The summed E-state index contributed by atoms with van der Waals surface area (Å²) in [7, 11) is 3.21. The minimum Gasteiger partial charge on any atom is -0.494 e. The Morgan fingerprint density at radius 2 is 1.92 bits per heavy atom. The maximum absolute atomic E-state index is 13.7. The molecule has 0 spiro atoms. The number of likely N-dealkylation sites (tertiary alicyclic amines) is 1. The van der Waals surface area contributed by atoms with Crippen LogP contribution in [0.5, 0.6) is 5.75 Å². The fraction of sp³-hybridized carbons (Fsp3) is 0.632. The van der Waals surface area contributed by atoms with Crippen molar-refractivity contribution < 1.29 is 9.13 Å². The molecule has 1 fully saturated rings. The molecule has 5 nitrogen and oxygen atoms in total. The monoisotopic (exact) mass is 478 g/mol. The van der Waals surface area contributed by atoms with Gasteiger partial charge in [0.05, 0.1) is 7.11 Å². The van der Waals surface area contributed by atoms with Crippen LogP contribution in [0.1, 0.15) is 37.7 Å². The quantitative estimate of drug-likeness (QED) is 0.273. The van der Waals surface area contributed by atoms with Crippen LogP contribution >= 0.6 is 24.0 Å². The Bertz CT molecular complexity index is 548. The van der Waals surface area contributed by atoms with E-state index in [2.05, 4.69) is 20.5 Å². The molecule has 2 rings (SSSR count). The molecule has 7 heteroatoms. The Balaban J connectivity index is 0.00000338. The zero-order valence-electron chi connectivity index (χ0n) is 15.9. The van der Waals surface area contributed by atoms with Crippen molar-refractivity contribution in [3.05, 3.63) is 29.6 Å². The summed E-state index contributed by atoms with van der Waals surface area (Å²) in [5.74, 6) is 0.661. The maximum atomic E-state index is 13.7. The van der Waals surface area contributed by atoms with Gasteiger partial charge in [-0.1, -0.05) is 18.9 Å². The summed E-state index contributed by atoms with van der Waals surface area (Å²) in [4.78, 5) is 6.78. The highest BCUT2D eigenvalue weighted by Gasteiger charge is 2.08. The molecule has 0 amide bonds. The topological polar surface area (TPSA) is 48.9 Å². The molecule has 26 heavy (non-hydrogen) atoms. The molecule has 0 atom stereocenters. The van der Waals surface area contributed by atoms with Crippen LogP contribution in [-0.4, -0.2) is 51.2 Å². The van der Waals surface area contributed by atoms with Crippen LogP contribution < -0.4 is 15.4 Å². The molecule has 2 N–H and O–H groups in total. The number of methoxy groups -OCH3 is 1. The molecule has 0 saturated carbocycles. The van der Waals surface area contributed by atoms with Crippen molar-refractivity contribution in [2.45, 2.75) is 38.6 Å². The highest BCUT2D eigenvalue weighted by Crippen LogP contribution is 2.17. The third kappa shape index (κ3) is 8.07. The molecule has 148 valence electrons. The Morgan fingerprint density at radius 3 is 2.54 bits per heavy atom. The highest BCUT2D eigenvalue weighted by atomic mass is 127. The van der Waals surface area contributed by atoms with E-state index in [-0.39, 0.29) is 35.5 Å².